The van der Waals surface area contributed by atoms with Crippen LogP contribution in [0.1, 0.15) is 17.0 Å². The van der Waals surface area contributed by atoms with Crippen LogP contribution in [-0.4, -0.2) is 56.0 Å². The van der Waals surface area contributed by atoms with E-state index < -0.39 is 0 Å². The molecule has 0 unspecified atom stereocenters. The van der Waals surface area contributed by atoms with Gasteiger partial charge in [0.1, 0.15) is 12.9 Å². The number of rotatable bonds is 8. The maximum absolute atomic E-state index is 13.0. The van der Waals surface area contributed by atoms with Gasteiger partial charge in [0.2, 0.25) is 17.5 Å². The molecule has 0 bridgehead atoms. The highest BCUT2D eigenvalue weighted by Crippen LogP contribution is 2.40. The van der Waals surface area contributed by atoms with Gasteiger partial charge in [0.05, 0.1) is 27.9 Å². The second-order valence-corrected chi connectivity index (χ2v) is 8.01. The van der Waals surface area contributed by atoms with E-state index in [1.54, 1.807) is 16.8 Å². The molecule has 0 spiro atoms. The van der Waals surface area contributed by atoms with Gasteiger partial charge in [-0.05, 0) is 24.6 Å². The van der Waals surface area contributed by atoms with Crippen molar-refractivity contribution in [1.29, 1.82) is 0 Å². The van der Waals surface area contributed by atoms with Gasteiger partial charge >= 0.3 is 0 Å². The van der Waals surface area contributed by atoms with E-state index in [1.165, 1.54) is 32.2 Å². The number of nitrogens with zero attached hydrogens (tertiary/aromatic N) is 7. The molecule has 0 saturated carbocycles. The van der Waals surface area contributed by atoms with Gasteiger partial charge in [-0.3, -0.25) is 9.36 Å². The van der Waals surface area contributed by atoms with Gasteiger partial charge in [-0.1, -0.05) is 40.2 Å². The molecule has 5 rings (SSSR count). The van der Waals surface area contributed by atoms with Crippen molar-refractivity contribution in [2.24, 2.45) is 0 Å². The van der Waals surface area contributed by atoms with Crippen LogP contribution in [0.15, 0.2) is 52.0 Å². The number of hydrogen-bond donors (Lipinski definition) is 0. The summed E-state index contributed by atoms with van der Waals surface area (Å²) in [5.41, 5.74) is 2.98. The molecule has 2 aromatic carbocycles. The molecule has 0 aliphatic rings. The van der Waals surface area contributed by atoms with Crippen LogP contribution in [0, 0.1) is 6.92 Å². The van der Waals surface area contributed by atoms with E-state index in [-0.39, 0.29) is 23.5 Å². The number of hydrogen-bond acceptors (Lipinski definition) is 10. The van der Waals surface area contributed by atoms with Crippen molar-refractivity contribution < 1.29 is 18.7 Å². The van der Waals surface area contributed by atoms with E-state index in [0.29, 0.717) is 40.8 Å². The lowest BCUT2D eigenvalue weighted by Gasteiger charge is -2.12. The van der Waals surface area contributed by atoms with Crippen molar-refractivity contribution >= 4 is 11.2 Å². The molecule has 12 nitrogen and oxygen atoms in total. The van der Waals surface area contributed by atoms with Crippen LogP contribution in [0.25, 0.3) is 22.6 Å². The number of ether oxygens (including phenoxy) is 3. The SMILES string of the molecule is COc1cc(-c2noc(Cn3cnc4c(nnn4Cc4cccc(C)c4)c3=O)n2)cc(OC)c1OC. The molecule has 0 fully saturated rings. The average Bonchev–Trinajstić information content (AvgIpc) is 3.52. The summed E-state index contributed by atoms with van der Waals surface area (Å²) in [6.07, 6.45) is 1.42. The summed E-state index contributed by atoms with van der Waals surface area (Å²) in [5, 5.41) is 12.2. The summed E-state index contributed by atoms with van der Waals surface area (Å²) in [7, 11) is 4.57. The van der Waals surface area contributed by atoms with Gasteiger partial charge in [0, 0.05) is 5.56 Å². The first kappa shape index (κ1) is 23.0. The van der Waals surface area contributed by atoms with Crippen molar-refractivity contribution in [3.63, 3.8) is 0 Å². The molecule has 0 saturated heterocycles. The van der Waals surface area contributed by atoms with Crippen molar-refractivity contribution in [3.05, 3.63) is 70.1 Å². The number of fused-ring (bicyclic) bond motifs is 1. The third-order valence-electron chi connectivity index (χ3n) is 5.60. The standard InChI is InChI=1S/C24H23N7O5/c1-14-6-5-7-15(8-14)11-31-23-20(27-29-31)24(32)30(13-25-23)12-19-26-22(28-36-19)16-9-17(33-2)21(35-4)18(10-16)34-3/h5-10,13H,11-12H2,1-4H3. The maximum Gasteiger partial charge on any atom is 0.283 e. The van der Waals surface area contributed by atoms with Crippen LogP contribution in [0.5, 0.6) is 17.2 Å². The second kappa shape index (κ2) is 9.49. The minimum Gasteiger partial charge on any atom is -0.493 e. The maximum atomic E-state index is 13.0. The fraction of sp³-hybridized carbons (Fsp3) is 0.250. The van der Waals surface area contributed by atoms with Gasteiger partial charge in [-0.25, -0.2) is 9.67 Å². The Hall–Kier alpha value is -4.74. The molecular weight excluding hydrogens is 466 g/mol. The molecular formula is C24H23N7O5. The lowest BCUT2D eigenvalue weighted by Crippen LogP contribution is -2.21. The second-order valence-electron chi connectivity index (χ2n) is 8.01. The van der Waals surface area contributed by atoms with E-state index >= 15 is 0 Å². The molecule has 0 radical (unpaired) electrons. The zero-order chi connectivity index (χ0) is 25.2. The predicted molar refractivity (Wildman–Crippen MR) is 128 cm³/mol. The van der Waals surface area contributed by atoms with Crippen LogP contribution in [-0.2, 0) is 13.1 Å². The van der Waals surface area contributed by atoms with Crippen LogP contribution in [0.3, 0.4) is 0 Å². The summed E-state index contributed by atoms with van der Waals surface area (Å²) < 4.78 is 24.5. The normalized spacial score (nSPS) is 11.1. The Morgan fingerprint density at radius 1 is 1.00 bits per heavy atom. The fourth-order valence-corrected chi connectivity index (χ4v) is 3.88. The first-order chi connectivity index (χ1) is 17.5. The smallest absolute Gasteiger partial charge is 0.283 e. The monoisotopic (exact) mass is 489 g/mol. The molecule has 12 heteroatoms. The average molecular weight is 489 g/mol. The first-order valence-electron chi connectivity index (χ1n) is 11.0. The summed E-state index contributed by atoms with van der Waals surface area (Å²) in [4.78, 5) is 21.9. The van der Waals surface area contributed by atoms with Crippen molar-refractivity contribution in [3.8, 4) is 28.6 Å². The third-order valence-corrected chi connectivity index (χ3v) is 5.60. The molecule has 3 heterocycles. The quantitative estimate of drug-likeness (QED) is 0.320. The van der Waals surface area contributed by atoms with Gasteiger partial charge in [0.25, 0.3) is 5.56 Å². The zero-order valence-electron chi connectivity index (χ0n) is 20.1. The number of aryl methyl sites for hydroxylation is 1. The zero-order valence-corrected chi connectivity index (χ0v) is 20.1. The van der Waals surface area contributed by atoms with Crippen molar-refractivity contribution in [2.45, 2.75) is 20.0 Å². The van der Waals surface area contributed by atoms with Crippen molar-refractivity contribution in [1.82, 2.24) is 34.7 Å². The van der Waals surface area contributed by atoms with Gasteiger partial charge in [-0.2, -0.15) is 4.98 Å². The Labute approximate surface area is 205 Å². The van der Waals surface area contributed by atoms with Crippen LogP contribution < -0.4 is 19.8 Å². The Kier molecular flexibility index (Phi) is 6.07. The molecule has 0 atom stereocenters. The molecule has 0 aliphatic heterocycles. The highest BCUT2D eigenvalue weighted by Gasteiger charge is 2.19. The molecule has 36 heavy (non-hydrogen) atoms. The number of benzene rings is 2. The Morgan fingerprint density at radius 3 is 2.47 bits per heavy atom. The largest absolute Gasteiger partial charge is 0.493 e. The lowest BCUT2D eigenvalue weighted by molar-refractivity contribution is 0.324. The van der Waals surface area contributed by atoms with Gasteiger partial charge in [0.15, 0.2) is 22.7 Å². The van der Waals surface area contributed by atoms with Gasteiger partial charge < -0.3 is 18.7 Å². The summed E-state index contributed by atoms with van der Waals surface area (Å²) in [6.45, 7) is 2.49. The Bertz CT molecular complexity index is 1580. The van der Waals surface area contributed by atoms with E-state index in [2.05, 4.69) is 31.5 Å². The fourth-order valence-electron chi connectivity index (χ4n) is 3.88. The number of methoxy groups -OCH3 is 3. The Morgan fingerprint density at radius 2 is 1.78 bits per heavy atom. The predicted octanol–water partition coefficient (Wildman–Crippen LogP) is 2.47. The van der Waals surface area contributed by atoms with Crippen LogP contribution >= 0.6 is 0 Å². The molecule has 3 aromatic heterocycles. The van der Waals surface area contributed by atoms with Gasteiger partial charge in [-0.15, -0.1) is 5.10 Å². The lowest BCUT2D eigenvalue weighted by atomic mass is 10.1. The summed E-state index contributed by atoms with van der Waals surface area (Å²) in [5.74, 6) is 1.88. The minimum absolute atomic E-state index is 0.0178. The van der Waals surface area contributed by atoms with E-state index in [0.717, 1.165) is 11.1 Å². The highest BCUT2D eigenvalue weighted by atomic mass is 16.5. The first-order valence-corrected chi connectivity index (χ1v) is 11.0. The van der Waals surface area contributed by atoms with E-state index in [4.69, 9.17) is 18.7 Å². The highest BCUT2D eigenvalue weighted by molar-refractivity contribution is 5.68. The Balaban J connectivity index is 1.41. The van der Waals surface area contributed by atoms with Crippen LogP contribution in [0.2, 0.25) is 0 Å². The molecule has 0 amide bonds. The number of aromatic nitrogens is 7. The molecule has 5 aromatic rings. The van der Waals surface area contributed by atoms with Crippen molar-refractivity contribution in [2.75, 3.05) is 21.3 Å². The topological polar surface area (TPSA) is 132 Å². The minimum atomic E-state index is -0.358. The summed E-state index contributed by atoms with van der Waals surface area (Å²) >= 11 is 0. The summed E-state index contributed by atoms with van der Waals surface area (Å²) in [6, 6.07) is 11.5. The molecule has 184 valence electrons. The molecule has 0 aliphatic carbocycles. The molecule has 0 N–H and O–H groups in total. The van der Waals surface area contributed by atoms with E-state index in [9.17, 15) is 4.79 Å². The van der Waals surface area contributed by atoms with E-state index in [1.807, 2.05) is 25.1 Å². The third kappa shape index (κ3) is 4.24. The van der Waals surface area contributed by atoms with Crippen LogP contribution in [0.4, 0.5) is 0 Å².